The van der Waals surface area contributed by atoms with E-state index in [1.165, 1.54) is 49.3 Å². The van der Waals surface area contributed by atoms with Crippen LogP contribution in [0.15, 0.2) is 24.3 Å². The van der Waals surface area contributed by atoms with Gasteiger partial charge in [-0.1, -0.05) is 35.9 Å². The Morgan fingerprint density at radius 3 is 2.47 bits per heavy atom. The van der Waals surface area contributed by atoms with Gasteiger partial charge in [-0.05, 0) is 50.5 Å². The fourth-order valence-corrected chi connectivity index (χ4v) is 4.86. The first kappa shape index (κ1) is 15.5. The summed E-state index contributed by atoms with van der Waals surface area (Å²) in [5.41, 5.74) is 2.89. The number of ether oxygens (including phenoxy) is 1. The number of halogens is 1. The van der Waals surface area contributed by atoms with Gasteiger partial charge in [-0.3, -0.25) is 0 Å². The van der Waals surface area contributed by atoms with E-state index in [0.717, 1.165) is 12.5 Å². The second kappa shape index (κ2) is 8.42. The molecule has 1 aliphatic carbocycles. The summed E-state index contributed by atoms with van der Waals surface area (Å²) >= 11 is 2.58. The second-order valence-corrected chi connectivity index (χ2v) is 9.97. The SMILES string of the molecule is Cc1ccc([C@H]2CC[C@H](OCCC[SiH2]I)CC2)cc1. The van der Waals surface area contributed by atoms with E-state index >= 15 is 0 Å². The molecule has 0 bridgehead atoms. The van der Waals surface area contributed by atoms with Crippen LogP contribution in [0.2, 0.25) is 6.04 Å². The molecule has 19 heavy (non-hydrogen) atoms. The minimum Gasteiger partial charge on any atom is -0.378 e. The van der Waals surface area contributed by atoms with Crippen LogP contribution in [0.5, 0.6) is 0 Å². The molecule has 3 heteroatoms. The van der Waals surface area contributed by atoms with Crippen LogP contribution < -0.4 is 0 Å². The topological polar surface area (TPSA) is 9.23 Å². The van der Waals surface area contributed by atoms with Crippen molar-refractivity contribution in [1.29, 1.82) is 0 Å². The van der Waals surface area contributed by atoms with Crippen molar-refractivity contribution >= 4 is 28.8 Å². The number of hydrogen-bond donors (Lipinski definition) is 0. The Balaban J connectivity index is 1.71. The van der Waals surface area contributed by atoms with Crippen molar-refractivity contribution in [3.63, 3.8) is 0 Å². The van der Waals surface area contributed by atoms with E-state index in [9.17, 15) is 0 Å². The van der Waals surface area contributed by atoms with Gasteiger partial charge in [-0.25, -0.2) is 0 Å². The Labute approximate surface area is 132 Å². The molecule has 0 radical (unpaired) electrons. The fourth-order valence-electron chi connectivity index (χ4n) is 2.85. The zero-order valence-electron chi connectivity index (χ0n) is 11.9. The third-order valence-electron chi connectivity index (χ3n) is 4.10. The first-order chi connectivity index (χ1) is 9.29. The van der Waals surface area contributed by atoms with E-state index in [2.05, 4.69) is 53.0 Å². The summed E-state index contributed by atoms with van der Waals surface area (Å²) in [5, 5.41) is 0. The van der Waals surface area contributed by atoms with Crippen molar-refractivity contribution in [3.05, 3.63) is 35.4 Å². The van der Waals surface area contributed by atoms with E-state index in [-0.39, 0.29) is 7.02 Å². The summed E-state index contributed by atoms with van der Waals surface area (Å²) in [6, 6.07) is 10.5. The highest BCUT2D eigenvalue weighted by Crippen LogP contribution is 2.34. The molecule has 1 fully saturated rings. The highest BCUT2D eigenvalue weighted by Gasteiger charge is 2.22. The minimum absolute atomic E-state index is 0.208. The molecule has 0 saturated heterocycles. The molecule has 0 N–H and O–H groups in total. The lowest BCUT2D eigenvalue weighted by Crippen LogP contribution is -2.21. The Morgan fingerprint density at radius 1 is 1.16 bits per heavy atom. The number of hydrogen-bond acceptors (Lipinski definition) is 1. The zero-order chi connectivity index (χ0) is 13.5. The van der Waals surface area contributed by atoms with Crippen LogP contribution in [-0.2, 0) is 4.74 Å². The zero-order valence-corrected chi connectivity index (χ0v) is 15.5. The van der Waals surface area contributed by atoms with E-state index in [4.69, 9.17) is 4.74 Å². The highest BCUT2D eigenvalue weighted by molar-refractivity contribution is 14.1. The molecule has 0 amide bonds. The van der Waals surface area contributed by atoms with Crippen molar-refractivity contribution in [2.45, 2.75) is 57.1 Å². The van der Waals surface area contributed by atoms with E-state index in [1.54, 1.807) is 0 Å². The molecule has 0 heterocycles. The molecule has 1 aromatic rings. The Morgan fingerprint density at radius 2 is 1.84 bits per heavy atom. The normalized spacial score (nSPS) is 24.1. The average molecular weight is 388 g/mol. The van der Waals surface area contributed by atoms with Gasteiger partial charge in [0.2, 0.25) is 0 Å². The molecule has 1 saturated carbocycles. The quantitative estimate of drug-likeness (QED) is 0.305. The van der Waals surface area contributed by atoms with Gasteiger partial charge in [0, 0.05) is 6.61 Å². The van der Waals surface area contributed by atoms with Crippen LogP contribution in [-0.4, -0.2) is 19.7 Å². The predicted octanol–water partition coefficient (Wildman–Crippen LogP) is 4.37. The Bertz CT molecular complexity index is 358. The molecule has 1 aromatic carbocycles. The van der Waals surface area contributed by atoms with Gasteiger partial charge >= 0.3 is 0 Å². The van der Waals surface area contributed by atoms with Gasteiger partial charge in [0.25, 0.3) is 0 Å². The molecule has 0 spiro atoms. The Kier molecular flexibility index (Phi) is 6.88. The van der Waals surface area contributed by atoms with Crippen LogP contribution in [0.4, 0.5) is 0 Å². The van der Waals surface area contributed by atoms with Crippen LogP contribution in [0, 0.1) is 6.92 Å². The van der Waals surface area contributed by atoms with Gasteiger partial charge in [0.15, 0.2) is 0 Å². The van der Waals surface area contributed by atoms with Crippen molar-refractivity contribution in [2.24, 2.45) is 0 Å². The summed E-state index contributed by atoms with van der Waals surface area (Å²) in [7, 11) is 0.208. The second-order valence-electron chi connectivity index (χ2n) is 5.65. The number of rotatable bonds is 6. The lowest BCUT2D eigenvalue weighted by atomic mass is 9.82. The monoisotopic (exact) mass is 388 g/mol. The third-order valence-corrected chi connectivity index (χ3v) is 7.16. The van der Waals surface area contributed by atoms with Gasteiger partial charge in [0.05, 0.1) is 13.1 Å². The maximum absolute atomic E-state index is 6.01. The standard InChI is InChI=1S/C16H25IOSi/c1-13-3-5-14(6-4-13)15-7-9-16(10-8-15)18-11-2-12-19-17/h3-6,15-16H,2,7-12,19H2,1H3/t15-,16-. The molecular weight excluding hydrogens is 363 g/mol. The number of aryl methyl sites for hydroxylation is 1. The molecule has 106 valence electrons. The van der Waals surface area contributed by atoms with Crippen LogP contribution in [0.1, 0.15) is 49.1 Å². The summed E-state index contributed by atoms with van der Waals surface area (Å²) in [6.07, 6.45) is 6.93. The lowest BCUT2D eigenvalue weighted by molar-refractivity contribution is 0.0252. The third kappa shape index (κ3) is 5.19. The summed E-state index contributed by atoms with van der Waals surface area (Å²) in [5.74, 6) is 0.766. The first-order valence-electron chi connectivity index (χ1n) is 7.53. The largest absolute Gasteiger partial charge is 0.378 e. The maximum Gasteiger partial charge on any atom is 0.0938 e. The van der Waals surface area contributed by atoms with Crippen molar-refractivity contribution in [1.82, 2.24) is 0 Å². The summed E-state index contributed by atoms with van der Waals surface area (Å²) in [4.78, 5) is 0. The molecule has 0 aliphatic heterocycles. The Hall–Kier alpha value is 0.127. The maximum atomic E-state index is 6.01. The smallest absolute Gasteiger partial charge is 0.0938 e. The highest BCUT2D eigenvalue weighted by atomic mass is 127. The molecule has 0 aromatic heterocycles. The summed E-state index contributed by atoms with van der Waals surface area (Å²) < 4.78 is 6.01. The van der Waals surface area contributed by atoms with Crippen molar-refractivity contribution in [2.75, 3.05) is 6.61 Å². The molecule has 0 atom stereocenters. The molecule has 1 aliphatic rings. The lowest BCUT2D eigenvalue weighted by Gasteiger charge is -2.29. The van der Waals surface area contributed by atoms with Gasteiger partial charge in [0.1, 0.15) is 0 Å². The molecule has 2 rings (SSSR count). The summed E-state index contributed by atoms with van der Waals surface area (Å²) in [6.45, 7) is 3.16. The minimum atomic E-state index is 0.208. The van der Waals surface area contributed by atoms with Crippen LogP contribution in [0.3, 0.4) is 0 Å². The van der Waals surface area contributed by atoms with Gasteiger partial charge in [-0.15, -0.1) is 21.8 Å². The van der Waals surface area contributed by atoms with E-state index in [0.29, 0.717) is 6.10 Å². The average Bonchev–Trinajstić information content (AvgIpc) is 2.45. The van der Waals surface area contributed by atoms with Gasteiger partial charge in [-0.2, -0.15) is 0 Å². The van der Waals surface area contributed by atoms with Crippen LogP contribution in [0.25, 0.3) is 0 Å². The van der Waals surface area contributed by atoms with E-state index in [1.807, 2.05) is 0 Å². The van der Waals surface area contributed by atoms with Crippen molar-refractivity contribution < 1.29 is 4.74 Å². The molecule has 0 unspecified atom stereocenters. The van der Waals surface area contributed by atoms with Crippen LogP contribution >= 0.6 is 21.8 Å². The molecule has 1 nitrogen and oxygen atoms in total. The first-order valence-corrected chi connectivity index (χ1v) is 13.6. The van der Waals surface area contributed by atoms with E-state index < -0.39 is 0 Å². The van der Waals surface area contributed by atoms with Crippen molar-refractivity contribution in [3.8, 4) is 0 Å². The fraction of sp³-hybridized carbons (Fsp3) is 0.625. The number of benzene rings is 1. The molecular formula is C16H25IOSi. The predicted molar refractivity (Wildman–Crippen MR) is 94.1 cm³/mol. The van der Waals surface area contributed by atoms with Gasteiger partial charge < -0.3 is 4.74 Å².